The first-order chi connectivity index (χ1) is 9.93. The molecule has 1 heterocycles. The zero-order chi connectivity index (χ0) is 15.5. The van der Waals surface area contributed by atoms with Gasteiger partial charge >= 0.3 is 5.97 Å². The van der Waals surface area contributed by atoms with E-state index in [1.165, 1.54) is 5.69 Å². The van der Waals surface area contributed by atoms with E-state index in [9.17, 15) is 4.79 Å². The van der Waals surface area contributed by atoms with Gasteiger partial charge in [0.2, 0.25) is 0 Å². The first-order valence-electron chi connectivity index (χ1n) is 7.45. The summed E-state index contributed by atoms with van der Waals surface area (Å²) in [6.07, 6.45) is 3.94. The molecule has 4 heteroatoms. The smallest absolute Gasteiger partial charge is 0.335 e. The third-order valence-electron chi connectivity index (χ3n) is 4.10. The Bertz CT molecular complexity index is 573. The Labute approximate surface area is 126 Å². The Balaban J connectivity index is 1.89. The fourth-order valence-electron chi connectivity index (χ4n) is 2.76. The van der Waals surface area contributed by atoms with Crippen LogP contribution in [0.3, 0.4) is 0 Å². The van der Waals surface area contributed by atoms with Gasteiger partial charge in [-0.25, -0.2) is 4.79 Å². The number of carbonyl (C=O) groups is 1. The molecule has 0 radical (unpaired) electrons. The maximum absolute atomic E-state index is 11.0. The van der Waals surface area contributed by atoms with Crippen molar-refractivity contribution in [3.8, 4) is 6.07 Å². The normalized spacial score (nSPS) is 13.9. The number of hydrogen-bond acceptors (Lipinski definition) is 3. The van der Waals surface area contributed by atoms with E-state index >= 15 is 0 Å². The lowest BCUT2D eigenvalue weighted by Crippen LogP contribution is -2.22. The van der Waals surface area contributed by atoms with Crippen molar-refractivity contribution in [3.63, 3.8) is 0 Å². The first-order valence-corrected chi connectivity index (χ1v) is 7.45. The minimum Gasteiger partial charge on any atom is -0.478 e. The fraction of sp³-hybridized carbons (Fsp3) is 0.529. The predicted molar refractivity (Wildman–Crippen MR) is 82.6 cm³/mol. The summed E-state index contributed by atoms with van der Waals surface area (Å²) in [5, 5.41) is 18.0. The summed E-state index contributed by atoms with van der Waals surface area (Å²) < 4.78 is 0. The summed E-state index contributed by atoms with van der Waals surface area (Å²) in [5.74, 6) is -0.866. The number of unbranched alkanes of at least 4 members (excludes halogenated alkanes) is 1. The van der Waals surface area contributed by atoms with E-state index in [-0.39, 0.29) is 5.41 Å². The van der Waals surface area contributed by atoms with Crippen LogP contribution in [-0.2, 0) is 6.42 Å². The SMILES string of the molecule is CC(C)(C#N)CCCCN1CCc2cc(C(=O)O)ccc21. The Morgan fingerprint density at radius 1 is 1.43 bits per heavy atom. The zero-order valence-electron chi connectivity index (χ0n) is 12.7. The number of carboxylic acid groups (broad SMARTS) is 1. The number of aromatic carboxylic acids is 1. The summed E-state index contributed by atoms with van der Waals surface area (Å²) in [4.78, 5) is 13.3. The van der Waals surface area contributed by atoms with E-state index in [2.05, 4.69) is 11.0 Å². The minimum atomic E-state index is -0.866. The lowest BCUT2D eigenvalue weighted by Gasteiger charge is -2.20. The van der Waals surface area contributed by atoms with Crippen LogP contribution in [0.25, 0.3) is 0 Å². The van der Waals surface area contributed by atoms with Crippen LogP contribution in [0.2, 0.25) is 0 Å². The average molecular weight is 286 g/mol. The number of nitriles is 1. The summed E-state index contributed by atoms with van der Waals surface area (Å²) >= 11 is 0. The van der Waals surface area contributed by atoms with Crippen LogP contribution in [0.1, 0.15) is 49.0 Å². The number of fused-ring (bicyclic) bond motifs is 1. The van der Waals surface area contributed by atoms with Crippen LogP contribution >= 0.6 is 0 Å². The molecule has 0 saturated heterocycles. The molecular weight excluding hydrogens is 264 g/mol. The van der Waals surface area contributed by atoms with E-state index in [1.807, 2.05) is 19.9 Å². The van der Waals surface area contributed by atoms with Crippen molar-refractivity contribution in [1.82, 2.24) is 0 Å². The predicted octanol–water partition coefficient (Wildman–Crippen LogP) is 3.47. The molecule has 0 fully saturated rings. The van der Waals surface area contributed by atoms with E-state index in [0.717, 1.165) is 44.3 Å². The van der Waals surface area contributed by atoms with Gasteiger partial charge in [0, 0.05) is 18.8 Å². The number of anilines is 1. The molecule has 1 aromatic carbocycles. The molecular formula is C17H22N2O2. The van der Waals surface area contributed by atoms with Crippen LogP contribution in [0.15, 0.2) is 18.2 Å². The van der Waals surface area contributed by atoms with Gasteiger partial charge in [0.05, 0.1) is 17.0 Å². The molecule has 0 saturated carbocycles. The molecule has 0 bridgehead atoms. The van der Waals surface area contributed by atoms with Crippen LogP contribution in [-0.4, -0.2) is 24.2 Å². The van der Waals surface area contributed by atoms with Gasteiger partial charge in [-0.3, -0.25) is 0 Å². The molecule has 0 atom stereocenters. The Hall–Kier alpha value is -2.02. The van der Waals surface area contributed by atoms with Crippen molar-refractivity contribution >= 4 is 11.7 Å². The van der Waals surface area contributed by atoms with Crippen molar-refractivity contribution in [2.45, 2.75) is 39.5 Å². The highest BCUT2D eigenvalue weighted by atomic mass is 16.4. The second-order valence-corrected chi connectivity index (χ2v) is 6.34. The number of benzene rings is 1. The number of rotatable bonds is 6. The summed E-state index contributed by atoms with van der Waals surface area (Å²) in [6, 6.07) is 7.72. The summed E-state index contributed by atoms with van der Waals surface area (Å²) in [6.45, 7) is 5.89. The molecule has 112 valence electrons. The number of hydrogen-bond donors (Lipinski definition) is 1. The van der Waals surface area contributed by atoms with Crippen molar-refractivity contribution in [2.75, 3.05) is 18.0 Å². The molecule has 4 nitrogen and oxygen atoms in total. The maximum Gasteiger partial charge on any atom is 0.335 e. The van der Waals surface area contributed by atoms with Gasteiger partial charge in [0.25, 0.3) is 0 Å². The molecule has 21 heavy (non-hydrogen) atoms. The highest BCUT2D eigenvalue weighted by molar-refractivity contribution is 5.88. The molecule has 1 aromatic rings. The van der Waals surface area contributed by atoms with Crippen LogP contribution in [0.5, 0.6) is 0 Å². The van der Waals surface area contributed by atoms with E-state index in [4.69, 9.17) is 10.4 Å². The third-order valence-corrected chi connectivity index (χ3v) is 4.10. The van der Waals surface area contributed by atoms with Crippen LogP contribution < -0.4 is 4.90 Å². The van der Waals surface area contributed by atoms with Crippen molar-refractivity contribution < 1.29 is 9.90 Å². The van der Waals surface area contributed by atoms with Gasteiger partial charge in [-0.05, 0) is 56.9 Å². The fourth-order valence-corrected chi connectivity index (χ4v) is 2.76. The average Bonchev–Trinajstić information content (AvgIpc) is 2.86. The molecule has 0 aromatic heterocycles. The highest BCUT2D eigenvalue weighted by Gasteiger charge is 2.21. The molecule has 0 amide bonds. The zero-order valence-corrected chi connectivity index (χ0v) is 12.7. The third kappa shape index (κ3) is 3.75. The molecule has 0 spiro atoms. The lowest BCUT2D eigenvalue weighted by molar-refractivity contribution is 0.0697. The monoisotopic (exact) mass is 286 g/mol. The molecule has 1 N–H and O–H groups in total. The largest absolute Gasteiger partial charge is 0.478 e. The second kappa shape index (κ2) is 6.17. The number of carboxylic acids is 1. The number of nitrogens with zero attached hydrogens (tertiary/aromatic N) is 2. The maximum atomic E-state index is 11.0. The van der Waals surface area contributed by atoms with E-state index < -0.39 is 5.97 Å². The van der Waals surface area contributed by atoms with Crippen molar-refractivity contribution in [3.05, 3.63) is 29.3 Å². The minimum absolute atomic E-state index is 0.237. The summed E-state index contributed by atoms with van der Waals surface area (Å²) in [7, 11) is 0. The van der Waals surface area contributed by atoms with Crippen molar-refractivity contribution in [2.24, 2.45) is 5.41 Å². The molecule has 0 aliphatic carbocycles. The highest BCUT2D eigenvalue weighted by Crippen LogP contribution is 2.29. The topological polar surface area (TPSA) is 64.3 Å². The van der Waals surface area contributed by atoms with Gasteiger partial charge < -0.3 is 10.0 Å². The summed E-state index contributed by atoms with van der Waals surface area (Å²) in [5.41, 5.74) is 2.43. The molecule has 2 rings (SSSR count). The first kappa shape index (κ1) is 15.4. The van der Waals surface area contributed by atoms with Crippen LogP contribution in [0.4, 0.5) is 5.69 Å². The van der Waals surface area contributed by atoms with Gasteiger partial charge in [-0.15, -0.1) is 0 Å². The Morgan fingerprint density at radius 2 is 2.19 bits per heavy atom. The van der Waals surface area contributed by atoms with E-state index in [1.54, 1.807) is 12.1 Å². The van der Waals surface area contributed by atoms with Gasteiger partial charge in [-0.1, -0.05) is 6.42 Å². The van der Waals surface area contributed by atoms with E-state index in [0.29, 0.717) is 5.56 Å². The second-order valence-electron chi connectivity index (χ2n) is 6.34. The van der Waals surface area contributed by atoms with Gasteiger partial charge in [0.15, 0.2) is 0 Å². The standard InChI is InChI=1S/C17H22N2O2/c1-17(2,12-18)8-3-4-9-19-10-7-13-11-14(16(20)21)5-6-15(13)19/h5-6,11H,3-4,7-10H2,1-2H3,(H,20,21). The molecule has 1 aliphatic rings. The quantitative estimate of drug-likeness (QED) is 0.813. The Morgan fingerprint density at radius 3 is 2.86 bits per heavy atom. The van der Waals surface area contributed by atoms with Crippen molar-refractivity contribution in [1.29, 1.82) is 5.26 Å². The lowest BCUT2D eigenvalue weighted by atomic mass is 9.89. The van der Waals surface area contributed by atoms with Crippen LogP contribution in [0, 0.1) is 16.7 Å². The molecule has 1 aliphatic heterocycles. The van der Waals surface area contributed by atoms with Gasteiger partial charge in [-0.2, -0.15) is 5.26 Å². The Kier molecular flexibility index (Phi) is 4.52. The molecule has 0 unspecified atom stereocenters. The van der Waals surface area contributed by atoms with Gasteiger partial charge in [0.1, 0.15) is 0 Å².